The van der Waals surface area contributed by atoms with E-state index in [2.05, 4.69) is 29.2 Å². The topological polar surface area (TPSA) is 40.5 Å². The largest absolute Gasteiger partial charge is 0.481 e. The van der Waals surface area contributed by atoms with Crippen LogP contribution >= 0.6 is 0 Å². The van der Waals surface area contributed by atoms with Gasteiger partial charge in [-0.3, -0.25) is 9.69 Å². The number of carbonyl (C=O) groups is 1. The summed E-state index contributed by atoms with van der Waals surface area (Å²) < 4.78 is 0. The van der Waals surface area contributed by atoms with Gasteiger partial charge in [0.25, 0.3) is 0 Å². The van der Waals surface area contributed by atoms with Crippen molar-refractivity contribution in [1.29, 1.82) is 0 Å². The van der Waals surface area contributed by atoms with E-state index in [1.807, 2.05) is 0 Å². The van der Waals surface area contributed by atoms with Gasteiger partial charge < -0.3 is 5.11 Å². The molecule has 1 saturated carbocycles. The van der Waals surface area contributed by atoms with Gasteiger partial charge in [-0.15, -0.1) is 0 Å². The van der Waals surface area contributed by atoms with Crippen LogP contribution in [0.25, 0.3) is 0 Å². The van der Waals surface area contributed by atoms with E-state index >= 15 is 0 Å². The minimum atomic E-state index is -0.601. The monoisotopic (exact) mass is 245 g/mol. The van der Waals surface area contributed by atoms with Crippen molar-refractivity contribution in [2.45, 2.75) is 38.8 Å². The van der Waals surface area contributed by atoms with Crippen molar-refractivity contribution in [2.24, 2.45) is 5.41 Å². The zero-order valence-corrected chi connectivity index (χ0v) is 10.6. The maximum Gasteiger partial charge on any atom is 0.310 e. The first-order valence-electron chi connectivity index (χ1n) is 6.72. The smallest absolute Gasteiger partial charge is 0.310 e. The van der Waals surface area contributed by atoms with Gasteiger partial charge >= 0.3 is 5.97 Å². The van der Waals surface area contributed by atoms with Crippen LogP contribution in [-0.4, -0.2) is 22.5 Å². The quantitative estimate of drug-likeness (QED) is 0.890. The van der Waals surface area contributed by atoms with Crippen LogP contribution in [0.5, 0.6) is 0 Å². The lowest BCUT2D eigenvalue weighted by Gasteiger charge is -2.29. The number of fused-ring (bicyclic) bond motifs is 1. The number of nitrogens with zero attached hydrogens (tertiary/aromatic N) is 1. The summed E-state index contributed by atoms with van der Waals surface area (Å²) in [5.74, 6) is -0.601. The van der Waals surface area contributed by atoms with Crippen molar-refractivity contribution in [3.8, 4) is 0 Å². The van der Waals surface area contributed by atoms with Gasteiger partial charge in [0.15, 0.2) is 0 Å². The van der Waals surface area contributed by atoms with Crippen molar-refractivity contribution in [3.63, 3.8) is 0 Å². The fourth-order valence-electron chi connectivity index (χ4n) is 3.43. The lowest BCUT2D eigenvalue weighted by molar-refractivity contribution is -0.150. The molecule has 1 aromatic carbocycles. The Morgan fingerprint density at radius 3 is 2.22 bits per heavy atom. The molecule has 96 valence electrons. The second-order valence-electron chi connectivity index (χ2n) is 5.71. The number of hydrogen-bond donors (Lipinski definition) is 1. The van der Waals surface area contributed by atoms with E-state index in [9.17, 15) is 9.90 Å². The van der Waals surface area contributed by atoms with E-state index in [1.54, 1.807) is 0 Å². The zero-order chi connectivity index (χ0) is 12.6. The van der Waals surface area contributed by atoms with Crippen LogP contribution in [0.3, 0.4) is 0 Å². The predicted molar refractivity (Wildman–Crippen MR) is 69.1 cm³/mol. The van der Waals surface area contributed by atoms with E-state index in [1.165, 1.54) is 11.1 Å². The maximum atomic E-state index is 11.6. The fraction of sp³-hybridized carbons (Fsp3) is 0.533. The van der Waals surface area contributed by atoms with Crippen molar-refractivity contribution in [1.82, 2.24) is 4.90 Å². The Kier molecular flexibility index (Phi) is 2.86. The van der Waals surface area contributed by atoms with Crippen LogP contribution in [0.1, 0.15) is 36.8 Å². The van der Waals surface area contributed by atoms with E-state index in [-0.39, 0.29) is 0 Å². The molecule has 0 spiro atoms. The molecule has 0 atom stereocenters. The number of carboxylic acids is 1. The Morgan fingerprint density at radius 2 is 1.72 bits per heavy atom. The van der Waals surface area contributed by atoms with Crippen LogP contribution < -0.4 is 0 Å². The molecule has 2 aliphatic rings. The molecule has 3 nitrogen and oxygen atoms in total. The van der Waals surface area contributed by atoms with Crippen molar-refractivity contribution in [3.05, 3.63) is 35.4 Å². The Bertz CT molecular complexity index is 438. The molecule has 0 unspecified atom stereocenters. The lowest BCUT2D eigenvalue weighted by atomic mass is 9.86. The summed E-state index contributed by atoms with van der Waals surface area (Å²) in [5.41, 5.74) is 2.23. The molecule has 0 saturated heterocycles. The van der Waals surface area contributed by atoms with Gasteiger partial charge in [-0.1, -0.05) is 37.1 Å². The van der Waals surface area contributed by atoms with E-state index < -0.39 is 11.4 Å². The highest BCUT2D eigenvalue weighted by atomic mass is 16.4. The van der Waals surface area contributed by atoms with Crippen molar-refractivity contribution < 1.29 is 9.90 Å². The zero-order valence-electron chi connectivity index (χ0n) is 10.6. The molecular formula is C15H19NO2. The van der Waals surface area contributed by atoms with Gasteiger partial charge in [0.05, 0.1) is 5.41 Å². The van der Waals surface area contributed by atoms with Gasteiger partial charge in [0.1, 0.15) is 0 Å². The molecule has 1 aliphatic heterocycles. The number of carboxylic acid groups (broad SMARTS) is 1. The first-order chi connectivity index (χ1) is 8.70. The molecule has 1 heterocycles. The molecule has 18 heavy (non-hydrogen) atoms. The summed E-state index contributed by atoms with van der Waals surface area (Å²) >= 11 is 0. The highest BCUT2D eigenvalue weighted by molar-refractivity contribution is 5.75. The molecular weight excluding hydrogens is 226 g/mol. The number of rotatable bonds is 3. The Hall–Kier alpha value is -1.35. The minimum absolute atomic E-state index is 0.484. The van der Waals surface area contributed by atoms with E-state index in [0.717, 1.165) is 38.8 Å². The van der Waals surface area contributed by atoms with Crippen molar-refractivity contribution >= 4 is 5.97 Å². The van der Waals surface area contributed by atoms with Gasteiger partial charge in [0.2, 0.25) is 0 Å². The van der Waals surface area contributed by atoms with Crippen LogP contribution in [0, 0.1) is 5.41 Å². The average Bonchev–Trinajstić information content (AvgIpc) is 2.95. The molecule has 0 aromatic heterocycles. The predicted octanol–water partition coefficient (Wildman–Crippen LogP) is 2.65. The molecule has 1 aliphatic carbocycles. The minimum Gasteiger partial charge on any atom is -0.481 e. The van der Waals surface area contributed by atoms with Crippen LogP contribution in [0.2, 0.25) is 0 Å². The van der Waals surface area contributed by atoms with E-state index in [0.29, 0.717) is 6.54 Å². The third-order valence-corrected chi connectivity index (χ3v) is 4.45. The summed E-state index contributed by atoms with van der Waals surface area (Å²) in [7, 11) is 0. The van der Waals surface area contributed by atoms with Crippen molar-refractivity contribution in [2.75, 3.05) is 6.54 Å². The highest BCUT2D eigenvalue weighted by Crippen LogP contribution is 2.40. The normalized spacial score (nSPS) is 22.0. The summed E-state index contributed by atoms with van der Waals surface area (Å²) in [6.07, 6.45) is 3.81. The van der Waals surface area contributed by atoms with Gasteiger partial charge in [0, 0.05) is 19.6 Å². The fourth-order valence-corrected chi connectivity index (χ4v) is 3.43. The Balaban J connectivity index is 1.73. The first-order valence-corrected chi connectivity index (χ1v) is 6.72. The second-order valence-corrected chi connectivity index (χ2v) is 5.71. The van der Waals surface area contributed by atoms with Gasteiger partial charge in [-0.25, -0.2) is 0 Å². The lowest BCUT2D eigenvalue weighted by Crippen LogP contribution is -2.39. The number of hydrogen-bond acceptors (Lipinski definition) is 2. The molecule has 3 rings (SSSR count). The highest BCUT2D eigenvalue weighted by Gasteiger charge is 2.43. The molecule has 0 bridgehead atoms. The molecule has 0 amide bonds. The second kappa shape index (κ2) is 4.39. The first kappa shape index (κ1) is 11.7. The Labute approximate surface area is 107 Å². The third kappa shape index (κ3) is 1.93. The standard InChI is InChI=1S/C15H19NO2/c17-14(18)15(7-3-4-8-15)11-16-9-12-5-1-2-6-13(12)10-16/h1-2,5-6H,3-4,7-11H2,(H,17,18). The number of aliphatic carboxylic acids is 1. The maximum absolute atomic E-state index is 11.6. The molecule has 3 heteroatoms. The average molecular weight is 245 g/mol. The van der Waals surface area contributed by atoms with Gasteiger partial charge in [-0.05, 0) is 24.0 Å². The number of benzene rings is 1. The summed E-state index contributed by atoms with van der Waals surface area (Å²) in [4.78, 5) is 13.9. The van der Waals surface area contributed by atoms with Crippen LogP contribution in [0.15, 0.2) is 24.3 Å². The summed E-state index contributed by atoms with van der Waals surface area (Å²) in [6, 6.07) is 8.42. The summed E-state index contributed by atoms with van der Waals surface area (Å²) in [5, 5.41) is 9.51. The Morgan fingerprint density at radius 1 is 1.17 bits per heavy atom. The molecule has 1 fully saturated rings. The third-order valence-electron chi connectivity index (χ3n) is 4.45. The SMILES string of the molecule is O=C(O)C1(CN2Cc3ccccc3C2)CCCC1. The molecule has 0 radical (unpaired) electrons. The van der Waals surface area contributed by atoms with Crippen LogP contribution in [-0.2, 0) is 17.9 Å². The molecule has 1 N–H and O–H groups in total. The summed E-state index contributed by atoms with van der Waals surface area (Å²) in [6.45, 7) is 2.52. The van der Waals surface area contributed by atoms with Crippen LogP contribution in [0.4, 0.5) is 0 Å². The van der Waals surface area contributed by atoms with Gasteiger partial charge in [-0.2, -0.15) is 0 Å². The molecule has 1 aromatic rings. The van der Waals surface area contributed by atoms with E-state index in [4.69, 9.17) is 0 Å².